The molecular formula is C13H15F3N2O. The molecule has 0 saturated heterocycles. The Morgan fingerprint density at radius 1 is 1.37 bits per heavy atom. The van der Waals surface area contributed by atoms with E-state index >= 15 is 0 Å². The molecule has 104 valence electrons. The van der Waals surface area contributed by atoms with Gasteiger partial charge in [0.2, 0.25) is 0 Å². The SMILES string of the molecule is COc1ccc(C#N)cc1CN(C)CCC(F)(F)F. The van der Waals surface area contributed by atoms with Crippen LogP contribution in [0, 0.1) is 11.3 Å². The topological polar surface area (TPSA) is 36.3 Å². The van der Waals surface area contributed by atoms with Crippen molar-refractivity contribution in [2.24, 2.45) is 0 Å². The number of ether oxygens (including phenoxy) is 1. The zero-order chi connectivity index (χ0) is 14.5. The number of nitriles is 1. The Labute approximate surface area is 110 Å². The summed E-state index contributed by atoms with van der Waals surface area (Å²) in [5.74, 6) is 0.567. The molecule has 0 spiro atoms. The summed E-state index contributed by atoms with van der Waals surface area (Å²) < 4.78 is 41.5. The average molecular weight is 272 g/mol. The van der Waals surface area contributed by atoms with Crippen molar-refractivity contribution in [3.8, 4) is 11.8 Å². The summed E-state index contributed by atoms with van der Waals surface area (Å²) in [7, 11) is 3.09. The Hall–Kier alpha value is -1.74. The fourth-order valence-electron chi connectivity index (χ4n) is 1.66. The van der Waals surface area contributed by atoms with Gasteiger partial charge in [0.05, 0.1) is 25.2 Å². The van der Waals surface area contributed by atoms with Crippen LogP contribution in [0.15, 0.2) is 18.2 Å². The normalized spacial score (nSPS) is 11.4. The van der Waals surface area contributed by atoms with Crippen LogP contribution in [-0.2, 0) is 6.54 Å². The summed E-state index contributed by atoms with van der Waals surface area (Å²) in [6, 6.07) is 6.88. The lowest BCUT2D eigenvalue weighted by atomic mass is 10.1. The molecule has 3 nitrogen and oxygen atoms in total. The summed E-state index contributed by atoms with van der Waals surface area (Å²) in [5.41, 5.74) is 1.16. The molecule has 0 radical (unpaired) electrons. The lowest BCUT2D eigenvalue weighted by molar-refractivity contribution is -0.137. The van der Waals surface area contributed by atoms with E-state index in [1.807, 2.05) is 6.07 Å². The number of hydrogen-bond acceptors (Lipinski definition) is 3. The number of alkyl halides is 3. The van der Waals surface area contributed by atoms with E-state index in [1.54, 1.807) is 30.1 Å². The number of hydrogen-bond donors (Lipinski definition) is 0. The number of halogens is 3. The molecule has 1 aromatic carbocycles. The predicted octanol–water partition coefficient (Wildman–Crippen LogP) is 2.95. The van der Waals surface area contributed by atoms with Crippen LogP contribution in [0.4, 0.5) is 13.2 Å². The number of nitrogens with zero attached hydrogens (tertiary/aromatic N) is 2. The van der Waals surface area contributed by atoms with E-state index in [4.69, 9.17) is 10.00 Å². The molecule has 0 aromatic heterocycles. The Morgan fingerprint density at radius 2 is 2.05 bits per heavy atom. The van der Waals surface area contributed by atoms with Crippen LogP contribution in [0.1, 0.15) is 17.5 Å². The highest BCUT2D eigenvalue weighted by Gasteiger charge is 2.27. The van der Waals surface area contributed by atoms with Crippen molar-refractivity contribution < 1.29 is 17.9 Å². The summed E-state index contributed by atoms with van der Waals surface area (Å²) in [4.78, 5) is 1.55. The first-order valence-corrected chi connectivity index (χ1v) is 5.68. The lowest BCUT2D eigenvalue weighted by Crippen LogP contribution is -2.24. The van der Waals surface area contributed by atoms with Crippen molar-refractivity contribution >= 4 is 0 Å². The van der Waals surface area contributed by atoms with Gasteiger partial charge in [-0.1, -0.05) is 0 Å². The van der Waals surface area contributed by atoms with Gasteiger partial charge in [-0.05, 0) is 25.2 Å². The number of methoxy groups -OCH3 is 1. The molecule has 0 bridgehead atoms. The number of benzene rings is 1. The fraction of sp³-hybridized carbons (Fsp3) is 0.462. The van der Waals surface area contributed by atoms with E-state index < -0.39 is 12.6 Å². The fourth-order valence-corrected chi connectivity index (χ4v) is 1.66. The molecule has 0 fully saturated rings. The van der Waals surface area contributed by atoms with Crippen LogP contribution < -0.4 is 4.74 Å². The van der Waals surface area contributed by atoms with E-state index in [0.29, 0.717) is 23.4 Å². The second kappa shape index (κ2) is 6.43. The van der Waals surface area contributed by atoms with Crippen molar-refractivity contribution in [3.63, 3.8) is 0 Å². The molecule has 6 heteroatoms. The molecule has 0 heterocycles. The molecule has 0 aliphatic carbocycles. The largest absolute Gasteiger partial charge is 0.496 e. The zero-order valence-electron chi connectivity index (χ0n) is 10.8. The third-order valence-electron chi connectivity index (χ3n) is 2.63. The maximum Gasteiger partial charge on any atom is 0.390 e. The highest BCUT2D eigenvalue weighted by atomic mass is 19.4. The van der Waals surface area contributed by atoms with E-state index in [-0.39, 0.29) is 6.54 Å². The Balaban J connectivity index is 2.72. The van der Waals surface area contributed by atoms with Gasteiger partial charge in [-0.25, -0.2) is 0 Å². The van der Waals surface area contributed by atoms with Gasteiger partial charge in [0, 0.05) is 18.7 Å². The van der Waals surface area contributed by atoms with Crippen LogP contribution in [-0.4, -0.2) is 31.8 Å². The smallest absolute Gasteiger partial charge is 0.390 e. The molecule has 0 aliphatic heterocycles. The predicted molar refractivity (Wildman–Crippen MR) is 64.7 cm³/mol. The van der Waals surface area contributed by atoms with Crippen molar-refractivity contribution in [1.82, 2.24) is 4.90 Å². The van der Waals surface area contributed by atoms with Crippen LogP contribution in [0.5, 0.6) is 5.75 Å². The van der Waals surface area contributed by atoms with Gasteiger partial charge in [-0.2, -0.15) is 18.4 Å². The first-order chi connectivity index (χ1) is 8.85. The zero-order valence-corrected chi connectivity index (χ0v) is 10.8. The average Bonchev–Trinajstić information content (AvgIpc) is 2.35. The maximum atomic E-state index is 12.1. The van der Waals surface area contributed by atoms with Gasteiger partial charge in [0.15, 0.2) is 0 Å². The van der Waals surface area contributed by atoms with Gasteiger partial charge in [-0.3, -0.25) is 0 Å². The quantitative estimate of drug-likeness (QED) is 0.826. The molecule has 0 amide bonds. The van der Waals surface area contributed by atoms with Crippen LogP contribution in [0.2, 0.25) is 0 Å². The molecule has 19 heavy (non-hydrogen) atoms. The molecule has 0 atom stereocenters. The van der Waals surface area contributed by atoms with E-state index in [0.717, 1.165) is 0 Å². The maximum absolute atomic E-state index is 12.1. The van der Waals surface area contributed by atoms with Gasteiger partial charge in [0.25, 0.3) is 0 Å². The summed E-state index contributed by atoms with van der Waals surface area (Å²) in [6.45, 7) is 0.207. The molecule has 0 N–H and O–H groups in total. The molecule has 0 saturated carbocycles. The number of rotatable bonds is 5. The van der Waals surface area contributed by atoms with Crippen molar-refractivity contribution in [3.05, 3.63) is 29.3 Å². The third kappa shape index (κ3) is 5.18. The Morgan fingerprint density at radius 3 is 2.58 bits per heavy atom. The summed E-state index contributed by atoms with van der Waals surface area (Å²) >= 11 is 0. The highest BCUT2D eigenvalue weighted by Crippen LogP contribution is 2.23. The van der Waals surface area contributed by atoms with Crippen LogP contribution >= 0.6 is 0 Å². The Kier molecular flexibility index (Phi) is 5.19. The minimum absolute atomic E-state index is 0.0938. The molecule has 1 aromatic rings. The standard InChI is InChI=1S/C13H15F3N2O/c1-18(6-5-13(14,15)16)9-11-7-10(8-17)3-4-12(11)19-2/h3-4,7H,5-6,9H2,1-2H3. The minimum Gasteiger partial charge on any atom is -0.496 e. The highest BCUT2D eigenvalue weighted by molar-refractivity contribution is 5.41. The Bertz CT molecular complexity index is 466. The second-order valence-electron chi connectivity index (χ2n) is 4.24. The first-order valence-electron chi connectivity index (χ1n) is 5.68. The minimum atomic E-state index is -4.16. The van der Waals surface area contributed by atoms with E-state index in [1.165, 1.54) is 7.11 Å². The summed E-state index contributed by atoms with van der Waals surface area (Å²) in [5, 5.41) is 8.82. The van der Waals surface area contributed by atoms with Crippen LogP contribution in [0.3, 0.4) is 0 Å². The lowest BCUT2D eigenvalue weighted by Gasteiger charge is -2.19. The van der Waals surface area contributed by atoms with E-state index in [2.05, 4.69) is 0 Å². The second-order valence-corrected chi connectivity index (χ2v) is 4.24. The first kappa shape index (κ1) is 15.3. The third-order valence-corrected chi connectivity index (χ3v) is 2.63. The van der Waals surface area contributed by atoms with Gasteiger partial charge >= 0.3 is 6.18 Å². The van der Waals surface area contributed by atoms with Gasteiger partial charge < -0.3 is 9.64 Å². The van der Waals surface area contributed by atoms with Crippen molar-refractivity contribution in [1.29, 1.82) is 5.26 Å². The van der Waals surface area contributed by atoms with Crippen LogP contribution in [0.25, 0.3) is 0 Å². The molecule has 1 rings (SSSR count). The molecule has 0 aliphatic rings. The monoisotopic (exact) mass is 272 g/mol. The van der Waals surface area contributed by atoms with Crippen molar-refractivity contribution in [2.45, 2.75) is 19.1 Å². The van der Waals surface area contributed by atoms with Crippen molar-refractivity contribution in [2.75, 3.05) is 20.7 Å². The molecule has 0 unspecified atom stereocenters. The van der Waals surface area contributed by atoms with E-state index in [9.17, 15) is 13.2 Å². The summed E-state index contributed by atoms with van der Waals surface area (Å²) in [6.07, 6.45) is -5.02. The molecular weight excluding hydrogens is 257 g/mol. The van der Waals surface area contributed by atoms with Gasteiger partial charge in [-0.15, -0.1) is 0 Å². The van der Waals surface area contributed by atoms with Gasteiger partial charge in [0.1, 0.15) is 5.75 Å².